The van der Waals surface area contributed by atoms with Gasteiger partial charge in [0.1, 0.15) is 6.10 Å². The number of aliphatic hydroxyl groups is 1. The molecule has 0 aromatic carbocycles. The average Bonchev–Trinajstić information content (AvgIpc) is 2.94. The summed E-state index contributed by atoms with van der Waals surface area (Å²) in [6.45, 7) is 4.85. The molecule has 0 amide bonds. The lowest BCUT2D eigenvalue weighted by Gasteiger charge is -2.15. The molecule has 4 nitrogen and oxygen atoms in total. The Bertz CT molecular complexity index is 780. The highest BCUT2D eigenvalue weighted by Crippen LogP contribution is 2.03. The molecule has 0 heterocycles. The van der Waals surface area contributed by atoms with E-state index in [-0.39, 0.29) is 19.2 Å². The van der Waals surface area contributed by atoms with Gasteiger partial charge < -0.3 is 14.6 Å². The van der Waals surface area contributed by atoms with Crippen LogP contribution in [0.4, 0.5) is 0 Å². The van der Waals surface area contributed by atoms with E-state index in [1.54, 1.807) is 0 Å². The van der Waals surface area contributed by atoms with E-state index in [9.17, 15) is 9.90 Å². The van der Waals surface area contributed by atoms with Gasteiger partial charge in [-0.25, -0.2) is 0 Å². The molecule has 0 radical (unpaired) electrons. The Hall–Kier alpha value is -2.69. The van der Waals surface area contributed by atoms with Crippen LogP contribution in [0.25, 0.3) is 0 Å². The second-order valence-electron chi connectivity index (χ2n) is 9.05. The van der Waals surface area contributed by atoms with Crippen molar-refractivity contribution in [2.45, 2.75) is 97.0 Å². The quantitative estimate of drug-likeness (QED) is 0.0715. The largest absolute Gasteiger partial charge is 0.457 e. The summed E-state index contributed by atoms with van der Waals surface area (Å²) in [5.41, 5.74) is 0. The van der Waals surface area contributed by atoms with Crippen molar-refractivity contribution in [1.82, 2.24) is 0 Å². The number of allylic oxidation sites excluding steroid dienone is 16. The van der Waals surface area contributed by atoms with Crippen LogP contribution in [0.3, 0.4) is 0 Å². The Morgan fingerprint density at radius 2 is 1.03 bits per heavy atom. The van der Waals surface area contributed by atoms with Gasteiger partial charge in [0, 0.05) is 13.0 Å². The Labute approximate surface area is 239 Å². The predicted molar refractivity (Wildman–Crippen MR) is 168 cm³/mol. The summed E-state index contributed by atoms with van der Waals surface area (Å²) in [5, 5.41) is 9.47. The topological polar surface area (TPSA) is 55.8 Å². The van der Waals surface area contributed by atoms with E-state index < -0.39 is 6.10 Å². The van der Waals surface area contributed by atoms with Crippen LogP contribution in [0.1, 0.15) is 90.9 Å². The van der Waals surface area contributed by atoms with Crippen LogP contribution >= 0.6 is 0 Å². The molecule has 0 aliphatic carbocycles. The lowest BCUT2D eigenvalue weighted by Crippen LogP contribution is -2.27. The van der Waals surface area contributed by atoms with Gasteiger partial charge in [0.25, 0.3) is 0 Å². The standard InChI is InChI=1S/C35H54O4/c1-3-5-7-9-11-13-15-17-19-21-23-25-27-29-31-38-33-34(32-36)39-35(37)30-28-26-24-22-20-18-16-14-12-10-8-6-4-2/h5-8,11-14,17-20,23-26,34,36H,3-4,9-10,15-16,21-22,27-33H2,1-2H3/b7-5-,8-6-,13-11-,14-12-,19-17-,20-18-,25-23-,26-24-. The minimum atomic E-state index is -0.604. The highest BCUT2D eigenvalue weighted by Gasteiger charge is 2.13. The van der Waals surface area contributed by atoms with Crippen molar-refractivity contribution in [3.05, 3.63) is 97.2 Å². The fourth-order valence-electron chi connectivity index (χ4n) is 3.28. The molecule has 0 spiro atoms. The zero-order chi connectivity index (χ0) is 28.5. The van der Waals surface area contributed by atoms with Gasteiger partial charge in [-0.3, -0.25) is 4.79 Å². The van der Waals surface area contributed by atoms with E-state index in [4.69, 9.17) is 9.47 Å². The van der Waals surface area contributed by atoms with Crippen molar-refractivity contribution in [3.8, 4) is 0 Å². The summed E-state index contributed by atoms with van der Waals surface area (Å²) < 4.78 is 10.9. The summed E-state index contributed by atoms with van der Waals surface area (Å²) in [6.07, 6.45) is 44.5. The minimum absolute atomic E-state index is 0.223. The molecular formula is C35H54O4. The van der Waals surface area contributed by atoms with Gasteiger partial charge in [0.05, 0.1) is 13.2 Å². The van der Waals surface area contributed by atoms with E-state index in [1.165, 1.54) is 0 Å². The molecule has 0 aliphatic rings. The average molecular weight is 539 g/mol. The Morgan fingerprint density at radius 3 is 1.46 bits per heavy atom. The first kappa shape index (κ1) is 36.3. The van der Waals surface area contributed by atoms with Crippen molar-refractivity contribution in [3.63, 3.8) is 0 Å². The van der Waals surface area contributed by atoms with E-state index in [1.807, 2.05) is 6.08 Å². The van der Waals surface area contributed by atoms with Crippen LogP contribution in [0.15, 0.2) is 97.2 Å². The second kappa shape index (κ2) is 31.5. The van der Waals surface area contributed by atoms with Gasteiger partial charge >= 0.3 is 5.97 Å². The van der Waals surface area contributed by atoms with Crippen LogP contribution in [-0.4, -0.2) is 37.0 Å². The van der Waals surface area contributed by atoms with Crippen molar-refractivity contribution >= 4 is 5.97 Å². The van der Waals surface area contributed by atoms with Gasteiger partial charge in [-0.2, -0.15) is 0 Å². The summed E-state index contributed by atoms with van der Waals surface area (Å²) in [6, 6.07) is 0. The molecule has 0 saturated heterocycles. The number of hydrogen-bond acceptors (Lipinski definition) is 4. The van der Waals surface area contributed by atoms with Crippen LogP contribution in [0.5, 0.6) is 0 Å². The van der Waals surface area contributed by atoms with Gasteiger partial charge in [0.15, 0.2) is 0 Å². The maximum atomic E-state index is 12.0. The fraction of sp³-hybridized carbons (Fsp3) is 0.514. The van der Waals surface area contributed by atoms with Crippen molar-refractivity contribution in [2.75, 3.05) is 19.8 Å². The van der Waals surface area contributed by atoms with E-state index in [0.717, 1.165) is 64.2 Å². The SMILES string of the molecule is CC/C=C\C/C=C\C/C=C\C/C=C\CCCOCC(CO)OC(=O)CC/C=C\C/C=C\C/C=C\C/C=C\CC. The van der Waals surface area contributed by atoms with Crippen LogP contribution < -0.4 is 0 Å². The zero-order valence-corrected chi connectivity index (χ0v) is 24.6. The molecule has 0 aromatic rings. The molecule has 0 fully saturated rings. The Morgan fingerprint density at radius 1 is 0.615 bits per heavy atom. The highest BCUT2D eigenvalue weighted by atomic mass is 16.6. The summed E-state index contributed by atoms with van der Waals surface area (Å²) in [5.74, 6) is -0.306. The van der Waals surface area contributed by atoms with Crippen molar-refractivity contribution in [1.29, 1.82) is 0 Å². The van der Waals surface area contributed by atoms with E-state index in [2.05, 4.69) is 105 Å². The van der Waals surface area contributed by atoms with Crippen molar-refractivity contribution in [2.24, 2.45) is 0 Å². The number of unbranched alkanes of at least 4 members (excludes halogenated alkanes) is 1. The maximum Gasteiger partial charge on any atom is 0.306 e. The number of carbonyl (C=O) groups excluding carboxylic acids is 1. The summed E-state index contributed by atoms with van der Waals surface area (Å²) >= 11 is 0. The third kappa shape index (κ3) is 29.7. The smallest absolute Gasteiger partial charge is 0.306 e. The van der Waals surface area contributed by atoms with Gasteiger partial charge in [-0.1, -0.05) is 111 Å². The normalized spacial score (nSPS) is 13.8. The van der Waals surface area contributed by atoms with Crippen LogP contribution in [0.2, 0.25) is 0 Å². The molecule has 0 aromatic heterocycles. The van der Waals surface area contributed by atoms with Gasteiger partial charge in [0.2, 0.25) is 0 Å². The second-order valence-corrected chi connectivity index (χ2v) is 9.05. The lowest BCUT2D eigenvalue weighted by atomic mass is 10.2. The summed E-state index contributed by atoms with van der Waals surface area (Å²) in [4.78, 5) is 12.0. The first-order valence-corrected chi connectivity index (χ1v) is 14.8. The third-order valence-electron chi connectivity index (χ3n) is 5.42. The highest BCUT2D eigenvalue weighted by molar-refractivity contribution is 5.69. The zero-order valence-electron chi connectivity index (χ0n) is 24.6. The predicted octanol–water partition coefficient (Wildman–Crippen LogP) is 9.08. The third-order valence-corrected chi connectivity index (χ3v) is 5.42. The van der Waals surface area contributed by atoms with E-state index in [0.29, 0.717) is 19.4 Å². The fourth-order valence-corrected chi connectivity index (χ4v) is 3.28. The molecule has 39 heavy (non-hydrogen) atoms. The molecule has 0 rings (SSSR count). The molecule has 1 unspecified atom stereocenters. The monoisotopic (exact) mass is 538 g/mol. The first-order valence-electron chi connectivity index (χ1n) is 14.8. The first-order chi connectivity index (χ1) is 19.2. The number of esters is 1. The maximum absolute atomic E-state index is 12.0. The molecule has 1 atom stereocenters. The minimum Gasteiger partial charge on any atom is -0.457 e. The molecule has 4 heteroatoms. The molecule has 0 aliphatic heterocycles. The van der Waals surface area contributed by atoms with Crippen molar-refractivity contribution < 1.29 is 19.4 Å². The summed E-state index contributed by atoms with van der Waals surface area (Å²) in [7, 11) is 0. The Balaban J connectivity index is 3.75. The molecule has 0 bridgehead atoms. The van der Waals surface area contributed by atoms with Crippen LogP contribution in [0, 0.1) is 0 Å². The number of rotatable bonds is 25. The number of aliphatic hydroxyl groups excluding tert-OH is 1. The van der Waals surface area contributed by atoms with Crippen LogP contribution in [-0.2, 0) is 14.3 Å². The molecular weight excluding hydrogens is 484 g/mol. The molecule has 1 N–H and O–H groups in total. The lowest BCUT2D eigenvalue weighted by molar-refractivity contribution is -0.154. The Kier molecular flexibility index (Phi) is 29.4. The number of ether oxygens (including phenoxy) is 2. The number of hydrogen-bond donors (Lipinski definition) is 1. The molecule has 0 saturated carbocycles. The van der Waals surface area contributed by atoms with Gasteiger partial charge in [-0.05, 0) is 70.6 Å². The molecule has 218 valence electrons. The van der Waals surface area contributed by atoms with Gasteiger partial charge in [-0.15, -0.1) is 0 Å². The number of carbonyl (C=O) groups is 1. The van der Waals surface area contributed by atoms with E-state index >= 15 is 0 Å².